The molecule has 0 aromatic carbocycles. The predicted molar refractivity (Wildman–Crippen MR) is 68.6 cm³/mol. The lowest BCUT2D eigenvalue weighted by atomic mass is 9.82. The van der Waals surface area contributed by atoms with Gasteiger partial charge >= 0.3 is 5.97 Å². The van der Waals surface area contributed by atoms with Gasteiger partial charge in [-0.25, -0.2) is 0 Å². The van der Waals surface area contributed by atoms with E-state index < -0.39 is 0 Å². The van der Waals surface area contributed by atoms with E-state index >= 15 is 0 Å². The minimum atomic E-state index is 0.0689. The summed E-state index contributed by atoms with van der Waals surface area (Å²) >= 11 is 0. The Bertz CT molecular complexity index is 258. The number of allylic oxidation sites excluding steroid dienone is 1. The monoisotopic (exact) mass is 236 g/mol. The van der Waals surface area contributed by atoms with Crippen LogP contribution in [0.3, 0.4) is 0 Å². The van der Waals surface area contributed by atoms with Crippen LogP contribution in [-0.2, 0) is 9.53 Å². The molecule has 2 aliphatic rings. The minimum absolute atomic E-state index is 0.0689. The molecule has 0 aromatic rings. The average molecular weight is 236 g/mol. The minimum Gasteiger partial charge on any atom is -0.462 e. The van der Waals surface area contributed by atoms with Crippen LogP contribution in [0.5, 0.6) is 0 Å². The van der Waals surface area contributed by atoms with Gasteiger partial charge in [-0.2, -0.15) is 0 Å². The van der Waals surface area contributed by atoms with Gasteiger partial charge in [-0.05, 0) is 57.3 Å². The molecule has 0 amide bonds. The first-order valence-electron chi connectivity index (χ1n) is 7.12. The van der Waals surface area contributed by atoms with Crippen molar-refractivity contribution in [2.45, 2.75) is 63.9 Å². The van der Waals surface area contributed by atoms with Crippen molar-refractivity contribution in [3.63, 3.8) is 0 Å². The molecule has 2 rings (SSSR count). The van der Waals surface area contributed by atoms with Gasteiger partial charge in [-0.3, -0.25) is 4.79 Å². The SMILES string of the molecule is C=CC1CCC(C(=O)OC2CCCCC2)CC1. The van der Waals surface area contributed by atoms with Crippen molar-refractivity contribution >= 4 is 5.97 Å². The topological polar surface area (TPSA) is 26.3 Å². The number of hydrogen-bond acceptors (Lipinski definition) is 2. The molecule has 0 heterocycles. The van der Waals surface area contributed by atoms with E-state index in [1.807, 2.05) is 6.08 Å². The predicted octanol–water partition coefficient (Wildman–Crippen LogP) is 3.85. The maximum Gasteiger partial charge on any atom is 0.309 e. The smallest absolute Gasteiger partial charge is 0.309 e. The van der Waals surface area contributed by atoms with Crippen LogP contribution >= 0.6 is 0 Å². The van der Waals surface area contributed by atoms with Gasteiger partial charge in [0.2, 0.25) is 0 Å². The van der Waals surface area contributed by atoms with Crippen LogP contribution in [0.25, 0.3) is 0 Å². The maximum atomic E-state index is 12.0. The van der Waals surface area contributed by atoms with Crippen LogP contribution in [0.4, 0.5) is 0 Å². The Morgan fingerprint density at radius 2 is 1.65 bits per heavy atom. The first kappa shape index (κ1) is 12.7. The van der Waals surface area contributed by atoms with Crippen molar-refractivity contribution in [2.24, 2.45) is 11.8 Å². The fourth-order valence-corrected chi connectivity index (χ4v) is 3.03. The average Bonchev–Trinajstić information content (AvgIpc) is 2.40. The lowest BCUT2D eigenvalue weighted by Crippen LogP contribution is -2.28. The van der Waals surface area contributed by atoms with E-state index in [0.717, 1.165) is 38.5 Å². The largest absolute Gasteiger partial charge is 0.462 e. The Balaban J connectivity index is 1.74. The van der Waals surface area contributed by atoms with Gasteiger partial charge in [0, 0.05) is 0 Å². The van der Waals surface area contributed by atoms with Crippen LogP contribution in [0.1, 0.15) is 57.8 Å². The van der Waals surface area contributed by atoms with Crippen molar-refractivity contribution < 1.29 is 9.53 Å². The highest BCUT2D eigenvalue weighted by Crippen LogP contribution is 2.31. The van der Waals surface area contributed by atoms with Gasteiger partial charge in [-0.1, -0.05) is 12.5 Å². The molecule has 2 fully saturated rings. The number of carbonyl (C=O) groups is 1. The van der Waals surface area contributed by atoms with Crippen LogP contribution in [-0.4, -0.2) is 12.1 Å². The number of carbonyl (C=O) groups excluding carboxylic acids is 1. The van der Waals surface area contributed by atoms with Crippen LogP contribution < -0.4 is 0 Å². The molecule has 2 heteroatoms. The highest BCUT2D eigenvalue weighted by Gasteiger charge is 2.28. The number of esters is 1. The van der Waals surface area contributed by atoms with Crippen LogP contribution in [0.15, 0.2) is 12.7 Å². The molecule has 2 aliphatic carbocycles. The van der Waals surface area contributed by atoms with E-state index in [9.17, 15) is 4.79 Å². The van der Waals surface area contributed by atoms with E-state index in [1.54, 1.807) is 0 Å². The molecule has 0 saturated heterocycles. The lowest BCUT2D eigenvalue weighted by Gasteiger charge is -2.28. The summed E-state index contributed by atoms with van der Waals surface area (Å²) in [7, 11) is 0. The fraction of sp³-hybridized carbons (Fsp3) is 0.800. The summed E-state index contributed by atoms with van der Waals surface area (Å²) in [5, 5.41) is 0. The van der Waals surface area contributed by atoms with Gasteiger partial charge < -0.3 is 4.74 Å². The second-order valence-corrected chi connectivity index (χ2v) is 5.54. The van der Waals surface area contributed by atoms with Crippen molar-refractivity contribution in [1.82, 2.24) is 0 Å². The summed E-state index contributed by atoms with van der Waals surface area (Å²) in [5.74, 6) is 0.848. The molecule has 0 unspecified atom stereocenters. The summed E-state index contributed by atoms with van der Waals surface area (Å²) in [6.45, 7) is 3.83. The Labute approximate surface area is 104 Å². The normalized spacial score (nSPS) is 30.8. The van der Waals surface area contributed by atoms with Crippen LogP contribution in [0.2, 0.25) is 0 Å². The Morgan fingerprint density at radius 1 is 1.00 bits per heavy atom. The van der Waals surface area contributed by atoms with E-state index in [2.05, 4.69) is 6.58 Å². The maximum absolute atomic E-state index is 12.0. The molecule has 2 nitrogen and oxygen atoms in total. The van der Waals surface area contributed by atoms with E-state index in [1.165, 1.54) is 19.3 Å². The summed E-state index contributed by atoms with van der Waals surface area (Å²) in [5.41, 5.74) is 0. The van der Waals surface area contributed by atoms with Crippen LogP contribution in [0, 0.1) is 11.8 Å². The molecule has 0 N–H and O–H groups in total. The molecule has 96 valence electrons. The zero-order chi connectivity index (χ0) is 12.1. The highest BCUT2D eigenvalue weighted by atomic mass is 16.5. The van der Waals surface area contributed by atoms with E-state index in [-0.39, 0.29) is 18.0 Å². The first-order valence-corrected chi connectivity index (χ1v) is 7.12. The molecule has 2 saturated carbocycles. The zero-order valence-corrected chi connectivity index (χ0v) is 10.7. The van der Waals surface area contributed by atoms with E-state index in [0.29, 0.717) is 5.92 Å². The lowest BCUT2D eigenvalue weighted by molar-refractivity contribution is -0.156. The molecule has 0 radical (unpaired) electrons. The van der Waals surface area contributed by atoms with Crippen molar-refractivity contribution in [3.05, 3.63) is 12.7 Å². The molecule has 0 aromatic heterocycles. The molecule has 0 bridgehead atoms. The van der Waals surface area contributed by atoms with Gasteiger partial charge in [-0.15, -0.1) is 6.58 Å². The molecule has 0 atom stereocenters. The second kappa shape index (κ2) is 6.23. The third-order valence-corrected chi connectivity index (χ3v) is 4.27. The van der Waals surface area contributed by atoms with Gasteiger partial charge in [0.05, 0.1) is 5.92 Å². The van der Waals surface area contributed by atoms with Gasteiger partial charge in [0.1, 0.15) is 6.10 Å². The molecular weight excluding hydrogens is 212 g/mol. The third kappa shape index (κ3) is 3.58. The second-order valence-electron chi connectivity index (χ2n) is 5.54. The zero-order valence-electron chi connectivity index (χ0n) is 10.7. The third-order valence-electron chi connectivity index (χ3n) is 4.27. The Morgan fingerprint density at radius 3 is 2.24 bits per heavy atom. The van der Waals surface area contributed by atoms with Crippen molar-refractivity contribution in [2.75, 3.05) is 0 Å². The Hall–Kier alpha value is -0.790. The van der Waals surface area contributed by atoms with Crippen molar-refractivity contribution in [3.8, 4) is 0 Å². The fourth-order valence-electron chi connectivity index (χ4n) is 3.03. The molecular formula is C15H24O2. The standard InChI is InChI=1S/C15H24O2/c1-2-12-8-10-13(11-9-12)15(16)17-14-6-4-3-5-7-14/h2,12-14H,1,3-11H2. The summed E-state index contributed by atoms with van der Waals surface area (Å²) in [6.07, 6.45) is 12.3. The molecule has 0 spiro atoms. The number of ether oxygens (including phenoxy) is 1. The summed E-state index contributed by atoms with van der Waals surface area (Å²) in [4.78, 5) is 12.0. The van der Waals surface area contributed by atoms with Crippen molar-refractivity contribution in [1.29, 1.82) is 0 Å². The number of rotatable bonds is 3. The Kier molecular flexibility index (Phi) is 4.64. The molecule has 17 heavy (non-hydrogen) atoms. The number of hydrogen-bond donors (Lipinski definition) is 0. The molecule has 0 aliphatic heterocycles. The van der Waals surface area contributed by atoms with Gasteiger partial charge in [0.25, 0.3) is 0 Å². The van der Waals surface area contributed by atoms with Gasteiger partial charge in [0.15, 0.2) is 0 Å². The quantitative estimate of drug-likeness (QED) is 0.549. The summed E-state index contributed by atoms with van der Waals surface area (Å²) in [6, 6.07) is 0. The highest BCUT2D eigenvalue weighted by molar-refractivity contribution is 5.72. The van der Waals surface area contributed by atoms with E-state index in [4.69, 9.17) is 4.74 Å². The summed E-state index contributed by atoms with van der Waals surface area (Å²) < 4.78 is 5.63. The first-order chi connectivity index (χ1) is 8.29.